The summed E-state index contributed by atoms with van der Waals surface area (Å²) >= 11 is 0. The summed E-state index contributed by atoms with van der Waals surface area (Å²) in [4.78, 5) is 0.151. The van der Waals surface area contributed by atoms with Crippen LogP contribution in [0.1, 0.15) is 12.8 Å². The molecule has 0 spiro atoms. The summed E-state index contributed by atoms with van der Waals surface area (Å²) in [5.74, 6) is -0.452. The average molecular weight is 379 g/mol. The Bertz CT molecular complexity index is 846. The number of rotatable bonds is 6. The molecule has 1 saturated heterocycles. The molecule has 0 aliphatic carbocycles. The van der Waals surface area contributed by atoms with Gasteiger partial charge in [-0.05, 0) is 43.2 Å². The lowest BCUT2D eigenvalue weighted by molar-refractivity contribution is 0.0402. The Labute approximate surface area is 153 Å². The molecule has 1 atom stereocenters. The number of hydrazine groups is 1. The van der Waals surface area contributed by atoms with Crippen molar-refractivity contribution >= 4 is 21.4 Å². The number of hydrogen-bond acceptors (Lipinski definition) is 5. The molecule has 2 N–H and O–H groups in total. The van der Waals surface area contributed by atoms with E-state index < -0.39 is 15.8 Å². The molecule has 0 aromatic heterocycles. The summed E-state index contributed by atoms with van der Waals surface area (Å²) in [5.41, 5.74) is 3.53. The summed E-state index contributed by atoms with van der Waals surface area (Å²) < 4.78 is 46.8. The lowest BCUT2D eigenvalue weighted by Gasteiger charge is -2.32. The van der Waals surface area contributed by atoms with Crippen LogP contribution in [-0.2, 0) is 14.8 Å². The maximum atomic E-state index is 14.2. The summed E-state index contributed by atoms with van der Waals surface area (Å²) in [6.07, 6.45) is 2.00. The van der Waals surface area contributed by atoms with Crippen molar-refractivity contribution in [1.82, 2.24) is 5.01 Å². The molecule has 140 valence electrons. The highest BCUT2D eigenvalue weighted by Crippen LogP contribution is 2.24. The predicted molar refractivity (Wildman–Crippen MR) is 98.9 cm³/mol. The molecule has 1 unspecified atom stereocenters. The van der Waals surface area contributed by atoms with E-state index in [0.717, 1.165) is 19.4 Å². The summed E-state index contributed by atoms with van der Waals surface area (Å²) in [5, 5.41) is 1.88. The van der Waals surface area contributed by atoms with Crippen molar-refractivity contribution in [2.24, 2.45) is 0 Å². The number of ether oxygens (including phenoxy) is 1. The molecule has 1 aliphatic rings. The Morgan fingerprint density at radius 3 is 2.69 bits per heavy atom. The number of sulfonamides is 1. The highest BCUT2D eigenvalue weighted by Gasteiger charge is 2.21. The molecular formula is C18H22FN3O3S. The predicted octanol–water partition coefficient (Wildman–Crippen LogP) is 3.06. The molecule has 0 amide bonds. The van der Waals surface area contributed by atoms with Crippen molar-refractivity contribution in [2.45, 2.75) is 23.8 Å². The second-order valence-electron chi connectivity index (χ2n) is 6.17. The Balaban J connectivity index is 1.75. The van der Waals surface area contributed by atoms with E-state index in [1.807, 2.05) is 5.01 Å². The summed E-state index contributed by atoms with van der Waals surface area (Å²) in [7, 11) is -2.06. The van der Waals surface area contributed by atoms with Crippen LogP contribution >= 0.6 is 0 Å². The number of hydrogen-bond donors (Lipinski definition) is 2. The monoisotopic (exact) mass is 379 g/mol. The molecular weight excluding hydrogens is 357 g/mol. The number of piperidine rings is 1. The van der Waals surface area contributed by atoms with Crippen molar-refractivity contribution in [1.29, 1.82) is 0 Å². The fraction of sp³-hybridized carbons (Fsp3) is 0.333. The van der Waals surface area contributed by atoms with E-state index in [4.69, 9.17) is 4.74 Å². The molecule has 2 aromatic rings. The van der Waals surface area contributed by atoms with Crippen LogP contribution in [0.15, 0.2) is 53.4 Å². The molecule has 0 bridgehead atoms. The number of benzene rings is 2. The molecule has 1 heterocycles. The van der Waals surface area contributed by atoms with Gasteiger partial charge >= 0.3 is 0 Å². The van der Waals surface area contributed by atoms with Gasteiger partial charge in [-0.25, -0.2) is 17.8 Å². The lowest BCUT2D eigenvalue weighted by Crippen LogP contribution is -2.42. The lowest BCUT2D eigenvalue weighted by atomic mass is 10.1. The zero-order chi connectivity index (χ0) is 18.6. The quantitative estimate of drug-likeness (QED) is 0.807. The molecule has 3 rings (SSSR count). The Kier molecular flexibility index (Phi) is 5.75. The largest absolute Gasteiger partial charge is 0.380 e. The van der Waals surface area contributed by atoms with Gasteiger partial charge in [0.05, 0.1) is 22.4 Å². The zero-order valence-corrected chi connectivity index (χ0v) is 15.3. The van der Waals surface area contributed by atoms with E-state index in [1.54, 1.807) is 25.3 Å². The molecule has 2 aromatic carbocycles. The van der Waals surface area contributed by atoms with E-state index in [9.17, 15) is 12.8 Å². The van der Waals surface area contributed by atoms with Crippen LogP contribution in [0.2, 0.25) is 0 Å². The SMILES string of the molecule is COC1CCCN(Nc2cc(NS(=O)(=O)c3ccccc3)ccc2F)C1. The first-order valence-corrected chi connectivity index (χ1v) is 9.88. The van der Waals surface area contributed by atoms with Crippen LogP contribution in [0.3, 0.4) is 0 Å². The second kappa shape index (κ2) is 8.03. The topological polar surface area (TPSA) is 70.7 Å². The van der Waals surface area contributed by atoms with Crippen LogP contribution in [-0.4, -0.2) is 39.7 Å². The molecule has 26 heavy (non-hydrogen) atoms. The van der Waals surface area contributed by atoms with Crippen LogP contribution in [0, 0.1) is 5.82 Å². The third-order valence-electron chi connectivity index (χ3n) is 4.26. The molecule has 8 heteroatoms. The van der Waals surface area contributed by atoms with Crippen LogP contribution in [0.5, 0.6) is 0 Å². The maximum Gasteiger partial charge on any atom is 0.261 e. The fourth-order valence-corrected chi connectivity index (χ4v) is 3.96. The Hall–Kier alpha value is -2.16. The third-order valence-corrected chi connectivity index (χ3v) is 5.66. The van der Waals surface area contributed by atoms with Crippen LogP contribution in [0.25, 0.3) is 0 Å². The van der Waals surface area contributed by atoms with Gasteiger partial charge < -0.3 is 10.2 Å². The zero-order valence-electron chi connectivity index (χ0n) is 14.5. The van der Waals surface area contributed by atoms with E-state index >= 15 is 0 Å². The molecule has 0 saturated carbocycles. The smallest absolute Gasteiger partial charge is 0.261 e. The minimum Gasteiger partial charge on any atom is -0.380 e. The summed E-state index contributed by atoms with van der Waals surface area (Å²) in [6, 6.07) is 12.1. The van der Waals surface area contributed by atoms with Gasteiger partial charge in [0.25, 0.3) is 10.0 Å². The third kappa shape index (κ3) is 4.51. The number of anilines is 2. The molecule has 1 aliphatic heterocycles. The van der Waals surface area contributed by atoms with Crippen molar-refractivity contribution in [3.63, 3.8) is 0 Å². The molecule has 1 fully saturated rings. The normalized spacial score (nSPS) is 18.5. The number of nitrogens with one attached hydrogen (secondary N) is 2. The van der Waals surface area contributed by atoms with E-state index in [0.29, 0.717) is 6.54 Å². The highest BCUT2D eigenvalue weighted by molar-refractivity contribution is 7.92. The van der Waals surface area contributed by atoms with Gasteiger partial charge in [-0.15, -0.1) is 0 Å². The van der Waals surface area contributed by atoms with Gasteiger partial charge in [0.2, 0.25) is 0 Å². The van der Waals surface area contributed by atoms with Crippen LogP contribution < -0.4 is 10.1 Å². The standard InChI is InChI=1S/C18H22FN3O3S/c1-25-15-6-5-11-22(13-15)20-18-12-14(9-10-17(18)19)21-26(23,24)16-7-3-2-4-8-16/h2-4,7-10,12,15,20-21H,5-6,11,13H2,1H3. The van der Waals surface area contributed by atoms with Crippen molar-refractivity contribution < 1.29 is 17.5 Å². The first kappa shape index (κ1) is 18.6. The Morgan fingerprint density at radius 1 is 1.19 bits per heavy atom. The first-order valence-electron chi connectivity index (χ1n) is 8.40. The van der Waals surface area contributed by atoms with Gasteiger partial charge in [0, 0.05) is 20.2 Å². The first-order chi connectivity index (χ1) is 12.5. The van der Waals surface area contributed by atoms with E-state index in [-0.39, 0.29) is 22.4 Å². The second-order valence-corrected chi connectivity index (χ2v) is 7.85. The molecule has 6 nitrogen and oxygen atoms in total. The van der Waals surface area contributed by atoms with Gasteiger partial charge in [-0.1, -0.05) is 18.2 Å². The molecule has 0 radical (unpaired) electrons. The minimum absolute atomic E-state index is 0.0964. The fourth-order valence-electron chi connectivity index (χ4n) is 2.89. The minimum atomic E-state index is -3.72. The van der Waals surface area contributed by atoms with Crippen LogP contribution in [0.4, 0.5) is 15.8 Å². The number of nitrogens with zero attached hydrogens (tertiary/aromatic N) is 1. The van der Waals surface area contributed by atoms with Gasteiger partial charge in [0.15, 0.2) is 0 Å². The average Bonchev–Trinajstić information content (AvgIpc) is 2.65. The van der Waals surface area contributed by atoms with Crippen molar-refractivity contribution in [3.8, 4) is 0 Å². The van der Waals surface area contributed by atoms with Gasteiger partial charge in [-0.2, -0.15) is 0 Å². The number of halogens is 1. The summed E-state index contributed by atoms with van der Waals surface area (Å²) in [6.45, 7) is 1.40. The van der Waals surface area contributed by atoms with Gasteiger partial charge in [0.1, 0.15) is 5.82 Å². The maximum absolute atomic E-state index is 14.2. The van der Waals surface area contributed by atoms with E-state index in [2.05, 4.69) is 10.1 Å². The van der Waals surface area contributed by atoms with E-state index in [1.165, 1.54) is 30.3 Å². The van der Waals surface area contributed by atoms with Crippen molar-refractivity contribution in [2.75, 3.05) is 30.3 Å². The van der Waals surface area contributed by atoms with Gasteiger partial charge in [-0.3, -0.25) is 4.72 Å². The van der Waals surface area contributed by atoms with Crippen molar-refractivity contribution in [3.05, 3.63) is 54.3 Å². The Morgan fingerprint density at radius 2 is 1.96 bits per heavy atom. The number of methoxy groups -OCH3 is 1. The highest BCUT2D eigenvalue weighted by atomic mass is 32.2.